The van der Waals surface area contributed by atoms with Gasteiger partial charge in [0.05, 0.1) is 5.41 Å². The summed E-state index contributed by atoms with van der Waals surface area (Å²) in [6.07, 6.45) is 0.441. The second-order valence-corrected chi connectivity index (χ2v) is 5.65. The number of hydrogen-bond acceptors (Lipinski definition) is 3. The van der Waals surface area contributed by atoms with Crippen LogP contribution in [-0.4, -0.2) is 30.1 Å². The molecule has 0 aliphatic rings. The third-order valence-electron chi connectivity index (χ3n) is 3.16. The van der Waals surface area contributed by atoms with Gasteiger partial charge in [0.15, 0.2) is 6.61 Å². The van der Waals surface area contributed by atoms with Crippen LogP contribution >= 0.6 is 15.9 Å². The number of carboxylic acids is 1. The number of rotatable bonds is 7. The van der Waals surface area contributed by atoms with Crippen molar-refractivity contribution in [2.75, 3.05) is 13.2 Å². The molecule has 0 aromatic heterocycles. The lowest BCUT2D eigenvalue weighted by Crippen LogP contribution is -2.42. The Kier molecular flexibility index (Phi) is 6.01. The van der Waals surface area contributed by atoms with E-state index in [0.29, 0.717) is 12.2 Å². The maximum atomic E-state index is 11.6. The van der Waals surface area contributed by atoms with Crippen molar-refractivity contribution in [1.29, 1.82) is 0 Å². The second kappa shape index (κ2) is 7.28. The number of ether oxygens (including phenoxy) is 1. The van der Waals surface area contributed by atoms with Crippen LogP contribution in [0.3, 0.4) is 0 Å². The zero-order chi connectivity index (χ0) is 15.2. The van der Waals surface area contributed by atoms with Crippen molar-refractivity contribution in [2.45, 2.75) is 20.3 Å². The number of nitrogens with one attached hydrogen (secondary N) is 1. The largest absolute Gasteiger partial charge is 0.484 e. The van der Waals surface area contributed by atoms with E-state index < -0.39 is 11.4 Å². The average molecular weight is 344 g/mol. The SMILES string of the molecule is CCC(C)(CNC(=O)COc1ccc(Br)cc1)C(=O)O. The van der Waals surface area contributed by atoms with Gasteiger partial charge in [0.2, 0.25) is 0 Å². The zero-order valence-corrected chi connectivity index (χ0v) is 13.1. The molecule has 110 valence electrons. The summed E-state index contributed by atoms with van der Waals surface area (Å²) in [6.45, 7) is 3.33. The zero-order valence-electron chi connectivity index (χ0n) is 11.5. The van der Waals surface area contributed by atoms with E-state index in [1.807, 2.05) is 12.1 Å². The molecule has 2 N–H and O–H groups in total. The van der Waals surface area contributed by atoms with Gasteiger partial charge in [0.1, 0.15) is 5.75 Å². The van der Waals surface area contributed by atoms with E-state index in [2.05, 4.69) is 21.2 Å². The van der Waals surface area contributed by atoms with Crippen LogP contribution in [0.2, 0.25) is 0 Å². The molecule has 0 fully saturated rings. The van der Waals surface area contributed by atoms with E-state index in [1.54, 1.807) is 26.0 Å². The molecule has 5 nitrogen and oxygen atoms in total. The highest BCUT2D eigenvalue weighted by Gasteiger charge is 2.31. The third kappa shape index (κ3) is 4.85. The molecule has 1 atom stereocenters. The summed E-state index contributed by atoms with van der Waals surface area (Å²) < 4.78 is 6.23. The molecule has 1 aromatic carbocycles. The van der Waals surface area contributed by atoms with Crippen molar-refractivity contribution in [3.63, 3.8) is 0 Å². The normalized spacial score (nSPS) is 13.3. The van der Waals surface area contributed by atoms with Crippen molar-refractivity contribution in [1.82, 2.24) is 5.32 Å². The van der Waals surface area contributed by atoms with Gasteiger partial charge in [-0.25, -0.2) is 0 Å². The van der Waals surface area contributed by atoms with Gasteiger partial charge < -0.3 is 15.2 Å². The smallest absolute Gasteiger partial charge is 0.311 e. The third-order valence-corrected chi connectivity index (χ3v) is 3.68. The molecule has 1 rings (SSSR count). The van der Waals surface area contributed by atoms with Crippen molar-refractivity contribution in [3.8, 4) is 5.75 Å². The molecule has 0 bridgehead atoms. The highest BCUT2D eigenvalue weighted by atomic mass is 79.9. The molecule has 1 unspecified atom stereocenters. The predicted octanol–water partition coefficient (Wildman–Crippen LogP) is 2.45. The molecule has 0 aliphatic carbocycles. The number of amides is 1. The lowest BCUT2D eigenvalue weighted by molar-refractivity contribution is -0.148. The van der Waals surface area contributed by atoms with Gasteiger partial charge in [0.25, 0.3) is 5.91 Å². The van der Waals surface area contributed by atoms with Gasteiger partial charge in [-0.05, 0) is 37.6 Å². The molecule has 0 spiro atoms. The molecule has 1 aromatic rings. The van der Waals surface area contributed by atoms with Crippen molar-refractivity contribution < 1.29 is 19.4 Å². The van der Waals surface area contributed by atoms with Gasteiger partial charge >= 0.3 is 5.97 Å². The Labute approximate surface area is 126 Å². The lowest BCUT2D eigenvalue weighted by Gasteiger charge is -2.23. The first kappa shape index (κ1) is 16.5. The highest BCUT2D eigenvalue weighted by molar-refractivity contribution is 9.10. The van der Waals surface area contributed by atoms with Gasteiger partial charge in [-0.2, -0.15) is 0 Å². The fourth-order valence-electron chi connectivity index (χ4n) is 1.38. The van der Waals surface area contributed by atoms with Crippen LogP contribution in [0.4, 0.5) is 0 Å². The van der Waals surface area contributed by atoms with E-state index in [9.17, 15) is 9.59 Å². The molecule has 20 heavy (non-hydrogen) atoms. The predicted molar refractivity (Wildman–Crippen MR) is 78.7 cm³/mol. The Balaban J connectivity index is 2.41. The van der Waals surface area contributed by atoms with Crippen LogP contribution in [-0.2, 0) is 9.59 Å². The molecular weight excluding hydrogens is 326 g/mol. The summed E-state index contributed by atoms with van der Waals surface area (Å²) in [7, 11) is 0. The maximum Gasteiger partial charge on any atom is 0.311 e. The number of carbonyl (C=O) groups is 2. The first-order valence-corrected chi connectivity index (χ1v) is 7.05. The number of carboxylic acid groups (broad SMARTS) is 1. The van der Waals surface area contributed by atoms with Crippen LogP contribution in [0.15, 0.2) is 28.7 Å². The molecular formula is C14H18BrNO4. The number of halogens is 1. The lowest BCUT2D eigenvalue weighted by atomic mass is 9.88. The summed E-state index contributed by atoms with van der Waals surface area (Å²) in [6, 6.07) is 7.10. The van der Waals surface area contributed by atoms with E-state index in [0.717, 1.165) is 4.47 Å². The van der Waals surface area contributed by atoms with Crippen molar-refractivity contribution in [2.24, 2.45) is 5.41 Å². The molecule has 0 aliphatic heterocycles. The Hall–Kier alpha value is -1.56. The Morgan fingerprint density at radius 3 is 2.45 bits per heavy atom. The summed E-state index contributed by atoms with van der Waals surface area (Å²) >= 11 is 3.30. The van der Waals surface area contributed by atoms with Gasteiger partial charge in [-0.3, -0.25) is 9.59 Å². The van der Waals surface area contributed by atoms with E-state index in [-0.39, 0.29) is 19.1 Å². The van der Waals surface area contributed by atoms with Crippen LogP contribution in [0.1, 0.15) is 20.3 Å². The first-order valence-electron chi connectivity index (χ1n) is 6.26. The topological polar surface area (TPSA) is 75.6 Å². The minimum Gasteiger partial charge on any atom is -0.484 e. The number of aliphatic carboxylic acids is 1. The van der Waals surface area contributed by atoms with Crippen LogP contribution in [0.25, 0.3) is 0 Å². The molecule has 1 amide bonds. The number of carbonyl (C=O) groups excluding carboxylic acids is 1. The average Bonchev–Trinajstić information content (AvgIpc) is 2.43. The maximum absolute atomic E-state index is 11.6. The summed E-state index contributed by atoms with van der Waals surface area (Å²) in [5.74, 6) is -0.678. The van der Waals surface area contributed by atoms with Crippen LogP contribution in [0.5, 0.6) is 5.75 Å². The van der Waals surface area contributed by atoms with E-state index in [1.165, 1.54) is 0 Å². The van der Waals surface area contributed by atoms with E-state index >= 15 is 0 Å². The Bertz CT molecular complexity index is 475. The van der Waals surface area contributed by atoms with Gasteiger partial charge in [0, 0.05) is 11.0 Å². The number of benzene rings is 1. The van der Waals surface area contributed by atoms with Crippen molar-refractivity contribution in [3.05, 3.63) is 28.7 Å². The fraction of sp³-hybridized carbons (Fsp3) is 0.429. The number of hydrogen-bond donors (Lipinski definition) is 2. The van der Waals surface area contributed by atoms with Crippen molar-refractivity contribution >= 4 is 27.8 Å². The minimum atomic E-state index is -0.951. The fourth-order valence-corrected chi connectivity index (χ4v) is 1.64. The standard InChI is InChI=1S/C14H18BrNO4/c1-3-14(2,13(18)19)9-16-12(17)8-20-11-6-4-10(15)5-7-11/h4-7H,3,8-9H2,1-2H3,(H,16,17)(H,18,19). The summed E-state index contributed by atoms with van der Waals surface area (Å²) in [5.41, 5.74) is -0.951. The highest BCUT2D eigenvalue weighted by Crippen LogP contribution is 2.20. The summed E-state index contributed by atoms with van der Waals surface area (Å²) in [5, 5.41) is 11.7. The van der Waals surface area contributed by atoms with Crippen LogP contribution < -0.4 is 10.1 Å². The quantitative estimate of drug-likeness (QED) is 0.797. The van der Waals surface area contributed by atoms with Crippen LogP contribution in [0, 0.1) is 5.41 Å². The van der Waals surface area contributed by atoms with Gasteiger partial charge in [-0.1, -0.05) is 22.9 Å². The molecule has 6 heteroatoms. The monoisotopic (exact) mass is 343 g/mol. The van der Waals surface area contributed by atoms with Gasteiger partial charge in [-0.15, -0.1) is 0 Å². The first-order chi connectivity index (χ1) is 9.37. The summed E-state index contributed by atoms with van der Waals surface area (Å²) in [4.78, 5) is 22.7. The second-order valence-electron chi connectivity index (χ2n) is 4.74. The molecule has 0 saturated carbocycles. The molecule has 0 heterocycles. The Morgan fingerprint density at radius 1 is 1.35 bits per heavy atom. The van der Waals surface area contributed by atoms with E-state index in [4.69, 9.17) is 9.84 Å². The minimum absolute atomic E-state index is 0.0847. The Morgan fingerprint density at radius 2 is 1.95 bits per heavy atom. The molecule has 0 radical (unpaired) electrons. The molecule has 0 saturated heterocycles.